The summed E-state index contributed by atoms with van der Waals surface area (Å²) in [6.45, 7) is 6.07. The number of benzene rings is 2. The van der Waals surface area contributed by atoms with Crippen LogP contribution in [0.5, 0.6) is 5.75 Å². The van der Waals surface area contributed by atoms with Crippen LogP contribution in [0, 0.1) is 5.92 Å². The zero-order chi connectivity index (χ0) is 19.4. The van der Waals surface area contributed by atoms with Crippen molar-refractivity contribution in [2.45, 2.75) is 32.9 Å². The van der Waals surface area contributed by atoms with E-state index in [4.69, 9.17) is 9.15 Å². The lowest BCUT2D eigenvalue weighted by molar-refractivity contribution is 0.228. The van der Waals surface area contributed by atoms with Crippen LogP contribution in [-0.4, -0.2) is 13.1 Å². The van der Waals surface area contributed by atoms with Gasteiger partial charge in [0.1, 0.15) is 17.1 Å². The summed E-state index contributed by atoms with van der Waals surface area (Å²) in [4.78, 5) is 12.6. The number of nitrogens with one attached hydrogen (secondary N) is 2. The van der Waals surface area contributed by atoms with Gasteiger partial charge in [0.15, 0.2) is 0 Å². The highest BCUT2D eigenvalue weighted by Crippen LogP contribution is 2.25. The number of ether oxygens (including phenoxy) is 1. The number of carbonyl (C=O) groups excluding carboxylic acids is 1. The van der Waals surface area contributed by atoms with Gasteiger partial charge in [0.2, 0.25) is 0 Å². The lowest BCUT2D eigenvalue weighted by Crippen LogP contribution is -2.40. The van der Waals surface area contributed by atoms with Crippen molar-refractivity contribution in [1.82, 2.24) is 10.6 Å². The van der Waals surface area contributed by atoms with Crippen LogP contribution in [0.4, 0.5) is 4.79 Å². The summed E-state index contributed by atoms with van der Waals surface area (Å²) in [5.74, 6) is 1.77. The molecule has 0 bridgehead atoms. The summed E-state index contributed by atoms with van der Waals surface area (Å²) < 4.78 is 11.0. The van der Waals surface area contributed by atoms with Gasteiger partial charge in [-0.05, 0) is 42.7 Å². The lowest BCUT2D eigenvalue weighted by Gasteiger charge is -2.24. The zero-order valence-corrected chi connectivity index (χ0v) is 16.2. The molecule has 2 aromatic carbocycles. The monoisotopic (exact) mass is 366 g/mol. The second-order valence-corrected chi connectivity index (χ2v) is 7.02. The number of furan rings is 1. The van der Waals surface area contributed by atoms with Crippen LogP contribution in [0.3, 0.4) is 0 Å². The van der Waals surface area contributed by atoms with E-state index in [1.165, 1.54) is 0 Å². The highest BCUT2D eigenvalue weighted by atomic mass is 16.5. The first kappa shape index (κ1) is 18.8. The predicted octanol–water partition coefficient (Wildman–Crippen LogP) is 5.20. The van der Waals surface area contributed by atoms with Gasteiger partial charge >= 0.3 is 6.03 Å². The smallest absolute Gasteiger partial charge is 0.315 e. The zero-order valence-electron chi connectivity index (χ0n) is 16.2. The van der Waals surface area contributed by atoms with E-state index in [1.807, 2.05) is 61.5 Å². The Balaban J connectivity index is 1.68. The van der Waals surface area contributed by atoms with Crippen LogP contribution in [-0.2, 0) is 0 Å². The van der Waals surface area contributed by atoms with Gasteiger partial charge in [-0.15, -0.1) is 0 Å². The second-order valence-electron chi connectivity index (χ2n) is 7.02. The van der Waals surface area contributed by atoms with E-state index in [2.05, 4.69) is 24.5 Å². The molecule has 5 nitrogen and oxygen atoms in total. The Kier molecular flexibility index (Phi) is 5.69. The molecule has 1 heterocycles. The molecule has 1 aromatic heterocycles. The third-order valence-electron chi connectivity index (χ3n) is 4.65. The molecule has 27 heavy (non-hydrogen) atoms. The molecular formula is C22H26N2O3. The van der Waals surface area contributed by atoms with Gasteiger partial charge in [0.25, 0.3) is 0 Å². The third-order valence-corrected chi connectivity index (χ3v) is 4.65. The van der Waals surface area contributed by atoms with E-state index < -0.39 is 0 Å². The van der Waals surface area contributed by atoms with Crippen molar-refractivity contribution in [3.8, 4) is 5.75 Å². The second kappa shape index (κ2) is 8.16. The maximum absolute atomic E-state index is 12.6. The molecule has 0 spiro atoms. The summed E-state index contributed by atoms with van der Waals surface area (Å²) in [7, 11) is 1.64. The molecule has 0 saturated carbocycles. The number of carbonyl (C=O) groups is 1. The standard InChI is InChI=1S/C22H26N2O3/c1-14(2)21(16-9-11-18(26-4)12-10-16)24-22(25)23-15(3)20-13-17-7-5-6-8-19(17)27-20/h5-15,21H,1-4H3,(H2,23,24,25). The largest absolute Gasteiger partial charge is 0.497 e. The van der Waals surface area contributed by atoms with Crippen molar-refractivity contribution in [3.63, 3.8) is 0 Å². The van der Waals surface area contributed by atoms with E-state index in [1.54, 1.807) is 7.11 Å². The summed E-state index contributed by atoms with van der Waals surface area (Å²) in [6, 6.07) is 17.0. The average Bonchev–Trinajstić information content (AvgIpc) is 3.10. The Morgan fingerprint density at radius 3 is 2.33 bits per heavy atom. The summed E-state index contributed by atoms with van der Waals surface area (Å²) >= 11 is 0. The van der Waals surface area contributed by atoms with Crippen molar-refractivity contribution in [3.05, 3.63) is 65.9 Å². The minimum Gasteiger partial charge on any atom is -0.497 e. The van der Waals surface area contributed by atoms with Crippen LogP contribution in [0.2, 0.25) is 0 Å². The predicted molar refractivity (Wildman–Crippen MR) is 107 cm³/mol. The van der Waals surface area contributed by atoms with Crippen molar-refractivity contribution in [2.24, 2.45) is 5.92 Å². The SMILES string of the molecule is COc1ccc(C(NC(=O)NC(C)c2cc3ccccc3o2)C(C)C)cc1. The summed E-state index contributed by atoms with van der Waals surface area (Å²) in [5.41, 5.74) is 1.86. The van der Waals surface area contributed by atoms with Gasteiger partial charge < -0.3 is 19.8 Å². The van der Waals surface area contributed by atoms with Gasteiger partial charge in [0, 0.05) is 5.39 Å². The number of rotatable bonds is 6. The molecule has 0 aliphatic heterocycles. The lowest BCUT2D eigenvalue weighted by atomic mass is 9.96. The first-order chi connectivity index (χ1) is 13.0. The molecule has 3 aromatic rings. The Morgan fingerprint density at radius 2 is 1.70 bits per heavy atom. The highest BCUT2D eigenvalue weighted by molar-refractivity contribution is 5.78. The molecule has 2 N–H and O–H groups in total. The molecule has 3 rings (SSSR count). The fraction of sp³-hybridized carbons (Fsp3) is 0.318. The molecule has 0 fully saturated rings. The molecule has 0 radical (unpaired) electrons. The third kappa shape index (κ3) is 4.42. The number of fused-ring (bicyclic) bond motifs is 1. The molecule has 0 aliphatic rings. The van der Waals surface area contributed by atoms with Crippen molar-refractivity contribution in [2.75, 3.05) is 7.11 Å². The van der Waals surface area contributed by atoms with Gasteiger partial charge in [0.05, 0.1) is 19.2 Å². The van der Waals surface area contributed by atoms with Crippen LogP contribution in [0.15, 0.2) is 59.0 Å². The van der Waals surface area contributed by atoms with E-state index in [0.29, 0.717) is 0 Å². The maximum Gasteiger partial charge on any atom is 0.315 e. The van der Waals surface area contributed by atoms with E-state index in [0.717, 1.165) is 28.0 Å². The van der Waals surface area contributed by atoms with Crippen LogP contribution in [0.1, 0.15) is 44.2 Å². The molecule has 2 amide bonds. The quantitative estimate of drug-likeness (QED) is 0.630. The molecule has 2 unspecified atom stereocenters. The molecule has 0 saturated heterocycles. The van der Waals surface area contributed by atoms with Gasteiger partial charge in [-0.2, -0.15) is 0 Å². The summed E-state index contributed by atoms with van der Waals surface area (Å²) in [6.07, 6.45) is 0. The van der Waals surface area contributed by atoms with Crippen molar-refractivity contribution >= 4 is 17.0 Å². The van der Waals surface area contributed by atoms with E-state index in [-0.39, 0.29) is 24.0 Å². The topological polar surface area (TPSA) is 63.5 Å². The number of hydrogen-bond acceptors (Lipinski definition) is 3. The minimum absolute atomic E-state index is 0.0984. The first-order valence-corrected chi connectivity index (χ1v) is 9.17. The van der Waals surface area contributed by atoms with Gasteiger partial charge in [-0.3, -0.25) is 0 Å². The van der Waals surface area contributed by atoms with Crippen molar-refractivity contribution < 1.29 is 13.9 Å². The van der Waals surface area contributed by atoms with Crippen LogP contribution < -0.4 is 15.4 Å². The van der Waals surface area contributed by atoms with Crippen LogP contribution >= 0.6 is 0 Å². The number of amides is 2. The normalized spacial score (nSPS) is 13.4. The number of methoxy groups -OCH3 is 1. The highest BCUT2D eigenvalue weighted by Gasteiger charge is 2.20. The Hall–Kier alpha value is -2.95. The van der Waals surface area contributed by atoms with E-state index >= 15 is 0 Å². The molecule has 0 aliphatic carbocycles. The molecule has 5 heteroatoms. The number of urea groups is 1. The Morgan fingerprint density at radius 1 is 1.00 bits per heavy atom. The van der Waals surface area contributed by atoms with Crippen LogP contribution in [0.25, 0.3) is 11.0 Å². The Bertz CT molecular complexity index is 866. The van der Waals surface area contributed by atoms with Gasteiger partial charge in [-0.1, -0.05) is 44.2 Å². The number of hydrogen-bond donors (Lipinski definition) is 2. The van der Waals surface area contributed by atoms with E-state index in [9.17, 15) is 4.79 Å². The Labute approximate surface area is 159 Å². The minimum atomic E-state index is -0.235. The van der Waals surface area contributed by atoms with Gasteiger partial charge in [-0.25, -0.2) is 4.79 Å². The molecule has 2 atom stereocenters. The first-order valence-electron chi connectivity index (χ1n) is 9.17. The van der Waals surface area contributed by atoms with Crippen molar-refractivity contribution in [1.29, 1.82) is 0 Å². The molecule has 142 valence electrons. The number of para-hydroxylation sites is 1. The average molecular weight is 366 g/mol. The fourth-order valence-corrected chi connectivity index (χ4v) is 3.11. The fourth-order valence-electron chi connectivity index (χ4n) is 3.11. The maximum atomic E-state index is 12.6. The summed E-state index contributed by atoms with van der Waals surface area (Å²) in [5, 5.41) is 7.07. The molecular weight excluding hydrogens is 340 g/mol.